The molecule has 0 radical (unpaired) electrons. The molecule has 1 amide bonds. The Labute approximate surface area is 192 Å². The molecule has 2 fully saturated rings. The molecule has 2 aliphatic rings. The highest BCUT2D eigenvalue weighted by atomic mass is 16.5. The lowest BCUT2D eigenvalue weighted by Crippen LogP contribution is -2.43. The Hall–Kier alpha value is -3.13. The molecule has 3 N–H and O–H groups in total. The average molecular weight is 452 g/mol. The Morgan fingerprint density at radius 1 is 1.18 bits per heavy atom. The molecular formula is C25H31N4O4+. The Morgan fingerprint density at radius 3 is 2.64 bits per heavy atom. The number of fused-ring (bicyclic) bond motifs is 1. The number of carbonyl (C=O) groups is 1. The van der Waals surface area contributed by atoms with Gasteiger partial charge in [-0.15, -0.1) is 0 Å². The van der Waals surface area contributed by atoms with Gasteiger partial charge in [0, 0.05) is 40.4 Å². The van der Waals surface area contributed by atoms with E-state index in [0.29, 0.717) is 17.1 Å². The van der Waals surface area contributed by atoms with Gasteiger partial charge in [0.25, 0.3) is 0 Å². The predicted molar refractivity (Wildman–Crippen MR) is 123 cm³/mol. The first-order valence-electron chi connectivity index (χ1n) is 11.8. The molecule has 2 aliphatic carbocycles. The maximum absolute atomic E-state index is 13.1. The molecule has 0 spiro atoms. The van der Waals surface area contributed by atoms with Crippen LogP contribution in [-0.4, -0.2) is 38.2 Å². The highest BCUT2D eigenvalue weighted by molar-refractivity contribution is 6.04. The Balaban J connectivity index is 1.46. The first-order chi connectivity index (χ1) is 15.9. The molecule has 1 aromatic carbocycles. The van der Waals surface area contributed by atoms with Gasteiger partial charge in [-0.1, -0.05) is 13.8 Å². The molecule has 3 aromatic rings. The molecule has 5 rings (SSSR count). The summed E-state index contributed by atoms with van der Waals surface area (Å²) in [5, 5.41) is 29.0. The van der Waals surface area contributed by atoms with Crippen LogP contribution in [-0.2, 0) is 0 Å². The van der Waals surface area contributed by atoms with Gasteiger partial charge in [-0.25, -0.2) is 0 Å². The van der Waals surface area contributed by atoms with Gasteiger partial charge < -0.3 is 15.2 Å². The van der Waals surface area contributed by atoms with Crippen molar-refractivity contribution in [3.63, 3.8) is 0 Å². The number of benzene rings is 1. The molecule has 2 saturated carbocycles. The molecule has 0 unspecified atom stereocenters. The zero-order chi connectivity index (χ0) is 23.1. The van der Waals surface area contributed by atoms with Crippen LogP contribution in [0.3, 0.4) is 0 Å². The quantitative estimate of drug-likeness (QED) is 0.389. The smallest absolute Gasteiger partial charge is 0.325 e. The number of nitrogens with zero attached hydrogens (tertiary/aromatic N) is 3. The summed E-state index contributed by atoms with van der Waals surface area (Å²) in [6, 6.07) is 9.20. The second-order valence-electron chi connectivity index (χ2n) is 9.55. The molecule has 0 aliphatic heterocycles. The van der Waals surface area contributed by atoms with Gasteiger partial charge in [0.1, 0.15) is 5.75 Å². The number of hydrogen-bond acceptors (Lipinski definition) is 5. The standard InChI is InChI=1S/C25H30N4O4/c1-15(2)22-4-3-5-23(29(22)32)25(31)26-21-12-16-14-28(17-6-8-18(30)9-7-17)27-20(16)13-24(21)33-19-10-11-19/h3-5,12-15,17-19,30H,6-11H2,1-2H3,(H-,26,31,32)/p+1/t17-,18-. The second kappa shape index (κ2) is 8.67. The van der Waals surface area contributed by atoms with Crippen molar-refractivity contribution in [2.45, 2.75) is 76.5 Å². The van der Waals surface area contributed by atoms with Crippen LogP contribution in [0.5, 0.6) is 5.75 Å². The molecule has 2 heterocycles. The van der Waals surface area contributed by atoms with E-state index < -0.39 is 5.91 Å². The van der Waals surface area contributed by atoms with Crippen LogP contribution >= 0.6 is 0 Å². The van der Waals surface area contributed by atoms with Crippen molar-refractivity contribution in [3.8, 4) is 5.75 Å². The molecule has 2 aromatic heterocycles. The van der Waals surface area contributed by atoms with E-state index >= 15 is 0 Å². The predicted octanol–water partition coefficient (Wildman–Crippen LogP) is 3.95. The van der Waals surface area contributed by atoms with Gasteiger partial charge >= 0.3 is 11.6 Å². The number of aliphatic hydroxyl groups is 1. The van der Waals surface area contributed by atoms with Crippen molar-refractivity contribution in [3.05, 3.63) is 47.9 Å². The van der Waals surface area contributed by atoms with Crippen molar-refractivity contribution < 1.29 is 24.6 Å². The van der Waals surface area contributed by atoms with E-state index in [1.165, 1.54) is 0 Å². The number of hydrogen-bond donors (Lipinski definition) is 3. The minimum atomic E-state index is -0.409. The fourth-order valence-electron chi connectivity index (χ4n) is 4.46. The Bertz CT molecular complexity index is 1180. The van der Waals surface area contributed by atoms with Crippen LogP contribution in [0, 0.1) is 0 Å². The number of nitrogens with one attached hydrogen (secondary N) is 1. The molecule has 0 saturated heterocycles. The van der Waals surface area contributed by atoms with Gasteiger partial charge in [-0.3, -0.25) is 14.7 Å². The van der Waals surface area contributed by atoms with E-state index in [9.17, 15) is 15.1 Å². The molecule has 0 atom stereocenters. The third-order valence-electron chi connectivity index (χ3n) is 6.55. The summed E-state index contributed by atoms with van der Waals surface area (Å²) in [6.45, 7) is 3.92. The number of aromatic nitrogens is 3. The molecule has 8 heteroatoms. The van der Waals surface area contributed by atoms with Gasteiger partial charge in [0.15, 0.2) is 0 Å². The Kier molecular flexibility index (Phi) is 5.70. The van der Waals surface area contributed by atoms with E-state index in [1.807, 2.05) is 36.9 Å². The zero-order valence-corrected chi connectivity index (χ0v) is 19.1. The average Bonchev–Trinajstić information content (AvgIpc) is 3.51. The van der Waals surface area contributed by atoms with E-state index in [1.54, 1.807) is 18.2 Å². The second-order valence-corrected chi connectivity index (χ2v) is 9.55. The zero-order valence-electron chi connectivity index (χ0n) is 19.1. The van der Waals surface area contributed by atoms with E-state index in [-0.39, 0.29) is 29.9 Å². The van der Waals surface area contributed by atoms with Gasteiger partial charge in [0.2, 0.25) is 5.69 Å². The van der Waals surface area contributed by atoms with Crippen molar-refractivity contribution in [2.24, 2.45) is 0 Å². The van der Waals surface area contributed by atoms with Crippen LogP contribution in [0.4, 0.5) is 5.69 Å². The topological polar surface area (TPSA) is 100 Å². The lowest BCUT2D eigenvalue weighted by atomic mass is 9.93. The van der Waals surface area contributed by atoms with Crippen LogP contribution in [0.25, 0.3) is 10.9 Å². The number of aliphatic hydroxyl groups excluding tert-OH is 1. The summed E-state index contributed by atoms with van der Waals surface area (Å²) >= 11 is 0. The number of amides is 1. The third-order valence-corrected chi connectivity index (χ3v) is 6.55. The van der Waals surface area contributed by atoms with E-state index in [4.69, 9.17) is 9.84 Å². The SMILES string of the molecule is CC(C)c1cccc(C(=O)Nc2cc3cn([C@H]4CC[C@H](O)CC4)nc3cc2OC2CC2)[n+]1O. The number of rotatable bonds is 6. The summed E-state index contributed by atoms with van der Waals surface area (Å²) < 4.78 is 9.03. The maximum Gasteiger partial charge on any atom is 0.325 e. The summed E-state index contributed by atoms with van der Waals surface area (Å²) in [5.74, 6) is 0.250. The van der Waals surface area contributed by atoms with Crippen molar-refractivity contribution in [1.29, 1.82) is 0 Å². The van der Waals surface area contributed by atoms with Crippen LogP contribution in [0.1, 0.15) is 80.5 Å². The van der Waals surface area contributed by atoms with Crippen LogP contribution < -0.4 is 14.8 Å². The first-order valence-corrected chi connectivity index (χ1v) is 11.8. The minimum absolute atomic E-state index is 0.0691. The maximum atomic E-state index is 13.1. The summed E-state index contributed by atoms with van der Waals surface area (Å²) in [5.41, 5.74) is 2.20. The molecule has 33 heavy (non-hydrogen) atoms. The van der Waals surface area contributed by atoms with Crippen LogP contribution in [0.15, 0.2) is 36.5 Å². The molecule has 8 nitrogen and oxygen atoms in total. The largest absolute Gasteiger partial charge is 0.488 e. The monoisotopic (exact) mass is 451 g/mol. The molecular weight excluding hydrogens is 420 g/mol. The lowest BCUT2D eigenvalue weighted by molar-refractivity contribution is -0.911. The highest BCUT2D eigenvalue weighted by Gasteiger charge is 2.29. The number of carbonyl (C=O) groups excluding carboxylic acids is 1. The number of pyridine rings is 1. The fourth-order valence-corrected chi connectivity index (χ4v) is 4.46. The summed E-state index contributed by atoms with van der Waals surface area (Å²) in [6.07, 6.45) is 7.31. The first kappa shape index (κ1) is 21.7. The van der Waals surface area contributed by atoms with Crippen molar-refractivity contribution in [1.82, 2.24) is 9.78 Å². The number of ether oxygens (including phenoxy) is 1. The summed E-state index contributed by atoms with van der Waals surface area (Å²) in [7, 11) is 0. The third kappa shape index (κ3) is 4.53. The highest BCUT2D eigenvalue weighted by Crippen LogP contribution is 2.36. The van der Waals surface area contributed by atoms with Crippen LogP contribution in [0.2, 0.25) is 0 Å². The van der Waals surface area contributed by atoms with Crippen molar-refractivity contribution in [2.75, 3.05) is 5.32 Å². The number of anilines is 1. The summed E-state index contributed by atoms with van der Waals surface area (Å²) in [4.78, 5) is 13.1. The Morgan fingerprint density at radius 2 is 1.94 bits per heavy atom. The fraction of sp³-hybridized carbons (Fsp3) is 0.480. The molecule has 0 bridgehead atoms. The lowest BCUT2D eigenvalue weighted by Gasteiger charge is -2.25. The van der Waals surface area contributed by atoms with Crippen molar-refractivity contribution >= 4 is 22.5 Å². The van der Waals surface area contributed by atoms with Gasteiger partial charge in [0.05, 0.1) is 29.5 Å². The van der Waals surface area contributed by atoms with E-state index in [2.05, 4.69) is 5.32 Å². The normalized spacial score (nSPS) is 20.8. The van der Waals surface area contributed by atoms with Gasteiger partial charge in [-0.05, 0) is 50.7 Å². The van der Waals surface area contributed by atoms with E-state index in [0.717, 1.165) is 54.2 Å². The molecule has 174 valence electrons. The minimum Gasteiger partial charge on any atom is -0.488 e. The van der Waals surface area contributed by atoms with Gasteiger partial charge in [-0.2, -0.15) is 5.10 Å².